The van der Waals surface area contributed by atoms with Crippen LogP contribution in [0.4, 0.5) is 26.0 Å². The molecule has 0 radical (unpaired) electrons. The number of para-hydroxylation sites is 1. The van der Waals surface area contributed by atoms with Crippen LogP contribution in [0.5, 0.6) is 5.75 Å². The fourth-order valence-electron chi connectivity index (χ4n) is 2.12. The monoisotopic (exact) mass is 356 g/mol. The zero-order valence-electron chi connectivity index (χ0n) is 13.7. The summed E-state index contributed by atoms with van der Waals surface area (Å²) in [6, 6.07) is 10.3. The van der Waals surface area contributed by atoms with E-state index < -0.39 is 17.5 Å². The van der Waals surface area contributed by atoms with Gasteiger partial charge in [0.15, 0.2) is 0 Å². The molecule has 26 heavy (non-hydrogen) atoms. The molecule has 0 saturated carbocycles. The number of hydrogen-bond acceptors (Lipinski definition) is 5. The van der Waals surface area contributed by atoms with Crippen LogP contribution in [-0.4, -0.2) is 23.0 Å². The number of halogens is 2. The Morgan fingerprint density at radius 2 is 1.69 bits per heavy atom. The summed E-state index contributed by atoms with van der Waals surface area (Å²) >= 11 is 0. The molecule has 2 aromatic carbocycles. The van der Waals surface area contributed by atoms with Crippen molar-refractivity contribution < 1.29 is 18.3 Å². The maximum absolute atomic E-state index is 13.6. The number of carbonyl (C=O) groups is 1. The number of methoxy groups -OCH3 is 1. The largest absolute Gasteiger partial charge is 0.497 e. The highest BCUT2D eigenvalue weighted by atomic mass is 19.1. The van der Waals surface area contributed by atoms with Crippen LogP contribution < -0.4 is 15.4 Å². The highest BCUT2D eigenvalue weighted by molar-refractivity contribution is 6.02. The van der Waals surface area contributed by atoms with Crippen LogP contribution >= 0.6 is 0 Å². The molecular formula is C18H14F2N4O2. The van der Waals surface area contributed by atoms with E-state index >= 15 is 0 Å². The van der Waals surface area contributed by atoms with E-state index in [4.69, 9.17) is 4.74 Å². The van der Waals surface area contributed by atoms with Gasteiger partial charge < -0.3 is 15.4 Å². The van der Waals surface area contributed by atoms with Crippen molar-refractivity contribution in [2.45, 2.75) is 0 Å². The Morgan fingerprint density at radius 1 is 1.00 bits per heavy atom. The number of amides is 1. The molecule has 0 bridgehead atoms. The highest BCUT2D eigenvalue weighted by Gasteiger charge is 2.11. The molecule has 0 aliphatic carbocycles. The summed E-state index contributed by atoms with van der Waals surface area (Å²) in [5, 5.41) is 5.16. The van der Waals surface area contributed by atoms with Crippen LogP contribution in [0.25, 0.3) is 0 Å². The van der Waals surface area contributed by atoms with E-state index in [9.17, 15) is 13.6 Å². The van der Waals surface area contributed by atoms with E-state index in [2.05, 4.69) is 20.6 Å². The maximum atomic E-state index is 13.6. The normalized spacial score (nSPS) is 10.3. The summed E-state index contributed by atoms with van der Waals surface area (Å²) in [4.78, 5) is 20.1. The first kappa shape index (κ1) is 17.3. The average molecular weight is 356 g/mol. The van der Waals surface area contributed by atoms with Gasteiger partial charge in [-0.3, -0.25) is 4.79 Å². The predicted octanol–water partition coefficient (Wildman–Crippen LogP) is 3.76. The fourth-order valence-corrected chi connectivity index (χ4v) is 2.12. The first-order valence-corrected chi connectivity index (χ1v) is 7.55. The number of nitrogens with one attached hydrogen (secondary N) is 2. The number of hydrogen-bond donors (Lipinski definition) is 2. The zero-order valence-corrected chi connectivity index (χ0v) is 13.7. The van der Waals surface area contributed by atoms with Crippen molar-refractivity contribution in [1.29, 1.82) is 0 Å². The Hall–Kier alpha value is -3.55. The van der Waals surface area contributed by atoms with Gasteiger partial charge >= 0.3 is 0 Å². The summed E-state index contributed by atoms with van der Waals surface area (Å²) in [6.45, 7) is 0. The van der Waals surface area contributed by atoms with Gasteiger partial charge in [0.05, 0.1) is 19.5 Å². The molecule has 2 N–H and O–H groups in total. The molecule has 1 heterocycles. The van der Waals surface area contributed by atoms with E-state index in [1.165, 1.54) is 18.5 Å². The number of nitrogens with zero attached hydrogens (tertiary/aromatic N) is 2. The molecular weight excluding hydrogens is 342 g/mol. The Labute approximate surface area is 147 Å². The molecule has 3 rings (SSSR count). The predicted molar refractivity (Wildman–Crippen MR) is 92.6 cm³/mol. The lowest BCUT2D eigenvalue weighted by molar-refractivity contribution is 0.102. The SMILES string of the molecule is COc1ccc(NC(=O)c2cnc(Nc3c(F)cccc3F)cn2)cc1. The third kappa shape index (κ3) is 3.92. The number of ether oxygens (including phenoxy) is 1. The Balaban J connectivity index is 1.69. The average Bonchev–Trinajstić information content (AvgIpc) is 2.66. The number of rotatable bonds is 5. The van der Waals surface area contributed by atoms with Gasteiger partial charge in [-0.1, -0.05) is 6.07 Å². The minimum atomic E-state index is -0.756. The first-order valence-electron chi connectivity index (χ1n) is 7.55. The lowest BCUT2D eigenvalue weighted by Crippen LogP contribution is -2.14. The molecule has 132 valence electrons. The number of benzene rings is 2. The standard InChI is InChI=1S/C18H14F2N4O2/c1-26-12-7-5-11(6-8-12)23-18(25)15-9-22-16(10-21-15)24-17-13(19)3-2-4-14(17)20/h2-10H,1H3,(H,22,24)(H,23,25). The minimum Gasteiger partial charge on any atom is -0.497 e. The molecule has 0 aliphatic rings. The van der Waals surface area contributed by atoms with Crippen molar-refractivity contribution >= 4 is 23.1 Å². The summed E-state index contributed by atoms with van der Waals surface area (Å²) < 4.78 is 32.3. The van der Waals surface area contributed by atoms with Crippen molar-refractivity contribution in [3.05, 3.63) is 72.2 Å². The van der Waals surface area contributed by atoms with Crippen molar-refractivity contribution in [2.24, 2.45) is 0 Å². The van der Waals surface area contributed by atoms with Gasteiger partial charge in [0.25, 0.3) is 5.91 Å². The second kappa shape index (κ2) is 7.56. The molecule has 0 aliphatic heterocycles. The molecule has 0 saturated heterocycles. The molecule has 0 spiro atoms. The zero-order chi connectivity index (χ0) is 18.5. The van der Waals surface area contributed by atoms with E-state index in [-0.39, 0.29) is 17.2 Å². The number of carbonyl (C=O) groups excluding carboxylic acids is 1. The summed E-state index contributed by atoms with van der Waals surface area (Å²) in [5.74, 6) is -1.21. The third-order valence-corrected chi connectivity index (χ3v) is 3.45. The first-order chi connectivity index (χ1) is 12.6. The molecule has 0 atom stereocenters. The lowest BCUT2D eigenvalue weighted by atomic mass is 10.3. The second-order valence-corrected chi connectivity index (χ2v) is 5.19. The molecule has 0 unspecified atom stereocenters. The highest BCUT2D eigenvalue weighted by Crippen LogP contribution is 2.21. The van der Waals surface area contributed by atoms with Gasteiger partial charge in [-0.2, -0.15) is 0 Å². The summed E-state index contributed by atoms with van der Waals surface area (Å²) in [6.07, 6.45) is 2.43. The van der Waals surface area contributed by atoms with Crippen LogP contribution in [0.2, 0.25) is 0 Å². The van der Waals surface area contributed by atoms with Crippen molar-refractivity contribution in [1.82, 2.24) is 9.97 Å². The lowest BCUT2D eigenvalue weighted by Gasteiger charge is -2.08. The molecule has 0 fully saturated rings. The molecule has 6 nitrogen and oxygen atoms in total. The van der Waals surface area contributed by atoms with Gasteiger partial charge in [0.1, 0.15) is 34.6 Å². The molecule has 3 aromatic rings. The van der Waals surface area contributed by atoms with Gasteiger partial charge in [-0.05, 0) is 36.4 Å². The van der Waals surface area contributed by atoms with E-state index in [1.54, 1.807) is 31.4 Å². The van der Waals surface area contributed by atoms with Gasteiger partial charge in [-0.15, -0.1) is 0 Å². The summed E-state index contributed by atoms with van der Waals surface area (Å²) in [7, 11) is 1.55. The molecule has 8 heteroatoms. The molecule has 1 aromatic heterocycles. The minimum absolute atomic E-state index is 0.0559. The quantitative estimate of drug-likeness (QED) is 0.728. The summed E-state index contributed by atoms with van der Waals surface area (Å²) in [5.41, 5.74) is 0.283. The van der Waals surface area contributed by atoms with Gasteiger partial charge in [-0.25, -0.2) is 18.7 Å². The van der Waals surface area contributed by atoms with Crippen LogP contribution in [0, 0.1) is 11.6 Å². The van der Waals surface area contributed by atoms with Crippen LogP contribution in [0.3, 0.4) is 0 Å². The Bertz CT molecular complexity index is 895. The van der Waals surface area contributed by atoms with Crippen LogP contribution in [-0.2, 0) is 0 Å². The maximum Gasteiger partial charge on any atom is 0.275 e. The van der Waals surface area contributed by atoms with Crippen LogP contribution in [0.1, 0.15) is 10.5 Å². The Kier molecular flexibility index (Phi) is 5.02. The van der Waals surface area contributed by atoms with Crippen molar-refractivity contribution in [2.75, 3.05) is 17.7 Å². The van der Waals surface area contributed by atoms with Crippen LogP contribution in [0.15, 0.2) is 54.9 Å². The van der Waals surface area contributed by atoms with Gasteiger partial charge in [0.2, 0.25) is 0 Å². The topological polar surface area (TPSA) is 76.1 Å². The van der Waals surface area contributed by atoms with Crippen molar-refractivity contribution in [3.8, 4) is 5.75 Å². The fraction of sp³-hybridized carbons (Fsp3) is 0.0556. The smallest absolute Gasteiger partial charge is 0.275 e. The van der Waals surface area contributed by atoms with Gasteiger partial charge in [0, 0.05) is 5.69 Å². The van der Waals surface area contributed by atoms with E-state index in [1.807, 2.05) is 0 Å². The Morgan fingerprint density at radius 3 is 2.27 bits per heavy atom. The molecule has 1 amide bonds. The second-order valence-electron chi connectivity index (χ2n) is 5.19. The van der Waals surface area contributed by atoms with Crippen molar-refractivity contribution in [3.63, 3.8) is 0 Å². The number of anilines is 3. The van der Waals surface area contributed by atoms with E-state index in [0.717, 1.165) is 12.1 Å². The third-order valence-electron chi connectivity index (χ3n) is 3.45. The number of aromatic nitrogens is 2. The van der Waals surface area contributed by atoms with E-state index in [0.29, 0.717) is 11.4 Å².